The van der Waals surface area contributed by atoms with Gasteiger partial charge in [0.25, 0.3) is 0 Å². The largest absolute Gasteiger partial charge is 0.478 e. The molecule has 1 unspecified atom stereocenters. The second-order valence-corrected chi connectivity index (χ2v) is 4.87. The van der Waals surface area contributed by atoms with E-state index in [2.05, 4.69) is 0 Å². The van der Waals surface area contributed by atoms with Crippen LogP contribution in [0.5, 0.6) is 0 Å². The van der Waals surface area contributed by atoms with E-state index in [1.165, 1.54) is 17.0 Å². The van der Waals surface area contributed by atoms with Crippen molar-refractivity contribution in [2.45, 2.75) is 19.0 Å². The molecule has 0 radical (unpaired) electrons. The zero-order chi connectivity index (χ0) is 14.9. The maximum Gasteiger partial charge on any atom is 0.393 e. The Morgan fingerprint density at radius 2 is 2.10 bits per heavy atom. The number of piperidine rings is 1. The monoisotopic (exact) mass is 288 g/mol. The van der Waals surface area contributed by atoms with Crippen LogP contribution in [0.25, 0.3) is 0 Å². The van der Waals surface area contributed by atoms with E-state index >= 15 is 0 Å². The first-order chi connectivity index (χ1) is 9.30. The Kier molecular flexibility index (Phi) is 3.78. The van der Waals surface area contributed by atoms with E-state index < -0.39 is 18.1 Å². The fraction of sp³-hybridized carbons (Fsp3) is 0.462. The molecule has 1 heterocycles. The lowest BCUT2D eigenvalue weighted by Crippen LogP contribution is -2.42. The SMILES string of the molecule is Nc1c(C(=O)O)cccc1N1CCCC(C(F)(F)F)C1. The molecule has 1 saturated heterocycles. The standard InChI is InChI=1S/C13H15F3N2O2/c14-13(15,16)8-3-2-6-18(7-8)10-5-1-4-9(11(10)17)12(19)20/h1,4-5,8H,2-3,6-7,17H2,(H,19,20). The number of halogens is 3. The van der Waals surface area contributed by atoms with Gasteiger partial charge in [-0.3, -0.25) is 0 Å². The summed E-state index contributed by atoms with van der Waals surface area (Å²) in [6.07, 6.45) is -3.74. The normalized spacial score (nSPS) is 19.9. The number of nitrogens with zero attached hydrogens (tertiary/aromatic N) is 1. The molecule has 0 bridgehead atoms. The van der Waals surface area contributed by atoms with Gasteiger partial charge in [0.1, 0.15) is 0 Å². The number of nitrogens with two attached hydrogens (primary N) is 1. The van der Waals surface area contributed by atoms with Crippen molar-refractivity contribution >= 4 is 17.3 Å². The third-order valence-electron chi connectivity index (χ3n) is 3.54. The lowest BCUT2D eigenvalue weighted by Gasteiger charge is -2.36. The summed E-state index contributed by atoms with van der Waals surface area (Å²) < 4.78 is 38.4. The molecule has 1 aliphatic heterocycles. The average molecular weight is 288 g/mol. The molecule has 110 valence electrons. The molecule has 0 aromatic heterocycles. The Morgan fingerprint density at radius 1 is 1.40 bits per heavy atom. The molecule has 1 aromatic rings. The maximum atomic E-state index is 12.8. The van der Waals surface area contributed by atoms with E-state index in [0.717, 1.165) is 0 Å². The first kappa shape index (κ1) is 14.5. The zero-order valence-electron chi connectivity index (χ0n) is 10.7. The van der Waals surface area contributed by atoms with Gasteiger partial charge in [0.2, 0.25) is 0 Å². The van der Waals surface area contributed by atoms with Gasteiger partial charge in [0.05, 0.1) is 22.9 Å². The van der Waals surface area contributed by atoms with Crippen LogP contribution in [-0.2, 0) is 0 Å². The van der Waals surface area contributed by atoms with Gasteiger partial charge in [-0.15, -0.1) is 0 Å². The number of carbonyl (C=O) groups is 1. The Morgan fingerprint density at radius 3 is 2.70 bits per heavy atom. The van der Waals surface area contributed by atoms with Gasteiger partial charge < -0.3 is 15.7 Å². The summed E-state index contributed by atoms with van der Waals surface area (Å²) in [5, 5.41) is 8.99. The van der Waals surface area contributed by atoms with Crippen LogP contribution >= 0.6 is 0 Å². The average Bonchev–Trinajstić information content (AvgIpc) is 2.38. The van der Waals surface area contributed by atoms with Gasteiger partial charge in [-0.2, -0.15) is 13.2 Å². The van der Waals surface area contributed by atoms with Gasteiger partial charge >= 0.3 is 12.1 Å². The molecule has 1 aliphatic rings. The summed E-state index contributed by atoms with van der Waals surface area (Å²) in [7, 11) is 0. The smallest absolute Gasteiger partial charge is 0.393 e. The van der Waals surface area contributed by atoms with E-state index in [1.54, 1.807) is 6.07 Å². The van der Waals surface area contributed by atoms with Crippen LogP contribution in [0.3, 0.4) is 0 Å². The molecular weight excluding hydrogens is 273 g/mol. The van der Waals surface area contributed by atoms with Gasteiger partial charge in [-0.1, -0.05) is 6.07 Å². The number of hydrogen-bond donors (Lipinski definition) is 2. The van der Waals surface area contributed by atoms with Crippen LogP contribution in [0.2, 0.25) is 0 Å². The molecule has 0 aliphatic carbocycles. The second-order valence-electron chi connectivity index (χ2n) is 4.87. The van der Waals surface area contributed by atoms with E-state index in [4.69, 9.17) is 10.8 Å². The van der Waals surface area contributed by atoms with Crippen LogP contribution in [0, 0.1) is 5.92 Å². The first-order valence-corrected chi connectivity index (χ1v) is 6.24. The lowest BCUT2D eigenvalue weighted by atomic mass is 9.96. The summed E-state index contributed by atoms with van der Waals surface area (Å²) in [5.41, 5.74) is 6.06. The number of carboxylic acid groups (broad SMARTS) is 1. The minimum atomic E-state index is -4.24. The molecule has 3 N–H and O–H groups in total. The van der Waals surface area contributed by atoms with Crippen LogP contribution < -0.4 is 10.6 Å². The number of benzene rings is 1. The summed E-state index contributed by atoms with van der Waals surface area (Å²) in [5.74, 6) is -2.59. The van der Waals surface area contributed by atoms with Crippen LogP contribution in [0.15, 0.2) is 18.2 Å². The Bertz CT molecular complexity index is 517. The fourth-order valence-corrected chi connectivity index (χ4v) is 2.48. The molecule has 0 spiro atoms. The molecule has 0 amide bonds. The molecule has 4 nitrogen and oxygen atoms in total. The molecule has 1 aromatic carbocycles. The van der Waals surface area contributed by atoms with Gasteiger partial charge in [0, 0.05) is 13.1 Å². The Labute approximate surface area is 114 Å². The maximum absolute atomic E-state index is 12.8. The third-order valence-corrected chi connectivity index (χ3v) is 3.54. The highest BCUT2D eigenvalue weighted by molar-refractivity contribution is 5.97. The van der Waals surface area contributed by atoms with E-state index in [1.807, 2.05) is 0 Å². The summed E-state index contributed by atoms with van der Waals surface area (Å²) in [6, 6.07) is 4.39. The molecule has 0 saturated carbocycles. The Balaban J connectivity index is 2.28. The van der Waals surface area contributed by atoms with Crippen LogP contribution in [-0.4, -0.2) is 30.3 Å². The highest BCUT2D eigenvalue weighted by Crippen LogP contribution is 2.36. The summed E-state index contributed by atoms with van der Waals surface area (Å²) >= 11 is 0. The molecule has 2 rings (SSSR count). The summed E-state index contributed by atoms with van der Waals surface area (Å²) in [6.45, 7) is 0.261. The quantitative estimate of drug-likeness (QED) is 0.821. The molecule has 1 atom stereocenters. The van der Waals surface area contributed by atoms with Crippen molar-refractivity contribution in [2.75, 3.05) is 23.7 Å². The Hall–Kier alpha value is -1.92. The number of hydrogen-bond acceptors (Lipinski definition) is 3. The van der Waals surface area contributed by atoms with Crippen molar-refractivity contribution in [2.24, 2.45) is 5.92 Å². The highest BCUT2D eigenvalue weighted by atomic mass is 19.4. The van der Waals surface area contributed by atoms with E-state index in [-0.39, 0.29) is 24.2 Å². The second kappa shape index (κ2) is 5.22. The van der Waals surface area contributed by atoms with Crippen molar-refractivity contribution in [3.8, 4) is 0 Å². The van der Waals surface area contributed by atoms with Crippen LogP contribution in [0.1, 0.15) is 23.2 Å². The van der Waals surface area contributed by atoms with Crippen LogP contribution in [0.4, 0.5) is 24.5 Å². The van der Waals surface area contributed by atoms with Crippen molar-refractivity contribution in [3.05, 3.63) is 23.8 Å². The van der Waals surface area contributed by atoms with Crippen molar-refractivity contribution in [1.29, 1.82) is 0 Å². The molecule has 1 fully saturated rings. The molecule has 7 heteroatoms. The minimum absolute atomic E-state index is 0.0165. The third kappa shape index (κ3) is 2.81. The van der Waals surface area contributed by atoms with E-state index in [0.29, 0.717) is 18.7 Å². The number of para-hydroxylation sites is 1. The lowest BCUT2D eigenvalue weighted by molar-refractivity contribution is -0.175. The predicted octanol–water partition coefficient (Wildman–Crippen LogP) is 2.75. The van der Waals surface area contributed by atoms with Gasteiger partial charge in [-0.05, 0) is 25.0 Å². The minimum Gasteiger partial charge on any atom is -0.478 e. The number of alkyl halides is 3. The number of rotatable bonds is 2. The number of carboxylic acids is 1. The van der Waals surface area contributed by atoms with Crippen molar-refractivity contribution < 1.29 is 23.1 Å². The molecular formula is C13H15F3N2O2. The topological polar surface area (TPSA) is 66.6 Å². The number of aromatic carboxylic acids is 1. The first-order valence-electron chi connectivity index (χ1n) is 6.24. The van der Waals surface area contributed by atoms with E-state index in [9.17, 15) is 18.0 Å². The predicted molar refractivity (Wildman–Crippen MR) is 68.8 cm³/mol. The molecule has 20 heavy (non-hydrogen) atoms. The van der Waals surface area contributed by atoms with Gasteiger partial charge in [-0.25, -0.2) is 4.79 Å². The van der Waals surface area contributed by atoms with Crippen molar-refractivity contribution in [1.82, 2.24) is 0 Å². The van der Waals surface area contributed by atoms with Crippen molar-refractivity contribution in [3.63, 3.8) is 0 Å². The van der Waals surface area contributed by atoms with Gasteiger partial charge in [0.15, 0.2) is 0 Å². The number of nitrogen functional groups attached to an aromatic ring is 1. The zero-order valence-corrected chi connectivity index (χ0v) is 10.7. The fourth-order valence-electron chi connectivity index (χ4n) is 2.48. The number of anilines is 2. The highest BCUT2D eigenvalue weighted by Gasteiger charge is 2.42. The summed E-state index contributed by atoms with van der Waals surface area (Å²) in [4.78, 5) is 12.5.